The molecule has 0 bridgehead atoms. The van der Waals surface area contributed by atoms with E-state index in [-0.39, 0.29) is 10.8 Å². The van der Waals surface area contributed by atoms with Crippen LogP contribution >= 0.6 is 23.8 Å². The van der Waals surface area contributed by atoms with Crippen molar-refractivity contribution in [2.45, 2.75) is 0 Å². The average molecular weight is 306 g/mol. The molecule has 20 heavy (non-hydrogen) atoms. The number of hydrogen-bond acceptors (Lipinski definition) is 2. The van der Waals surface area contributed by atoms with Gasteiger partial charge in [-0.15, -0.1) is 0 Å². The van der Waals surface area contributed by atoms with E-state index in [4.69, 9.17) is 23.8 Å². The van der Waals surface area contributed by atoms with Crippen LogP contribution in [0.5, 0.6) is 0 Å². The highest BCUT2D eigenvalue weighted by Gasteiger charge is 2.14. The first-order valence-corrected chi connectivity index (χ1v) is 6.64. The molecule has 1 N–H and O–H groups in total. The van der Waals surface area contributed by atoms with Gasteiger partial charge in [0.05, 0.1) is 5.02 Å². The first-order valence-electron chi connectivity index (χ1n) is 5.85. The van der Waals surface area contributed by atoms with Crippen molar-refractivity contribution in [1.29, 1.82) is 0 Å². The normalized spacial score (nSPS) is 10.7. The zero-order chi connectivity index (χ0) is 14.1. The standard InChI is InChI=1S/C14H9ClFN3S/c15-12-8-9(16)6-7-11(12)13-17-18-14(20)19(13)10-4-2-1-3-5-10/h1-8H,(H,18,20). The van der Waals surface area contributed by atoms with Gasteiger partial charge >= 0.3 is 0 Å². The van der Waals surface area contributed by atoms with E-state index in [9.17, 15) is 4.39 Å². The molecule has 2 aromatic carbocycles. The van der Waals surface area contributed by atoms with Crippen molar-refractivity contribution in [2.75, 3.05) is 0 Å². The van der Waals surface area contributed by atoms with Gasteiger partial charge in [-0.25, -0.2) is 4.39 Å². The molecular formula is C14H9ClFN3S. The second-order valence-electron chi connectivity index (χ2n) is 4.15. The van der Waals surface area contributed by atoms with Crippen LogP contribution in [0.3, 0.4) is 0 Å². The first kappa shape index (κ1) is 13.0. The number of rotatable bonds is 2. The van der Waals surface area contributed by atoms with Crippen LogP contribution in [-0.4, -0.2) is 14.8 Å². The number of halogens is 2. The zero-order valence-corrected chi connectivity index (χ0v) is 11.7. The smallest absolute Gasteiger partial charge is 0.200 e. The lowest BCUT2D eigenvalue weighted by Crippen LogP contribution is -1.98. The minimum atomic E-state index is -0.390. The molecule has 0 atom stereocenters. The van der Waals surface area contributed by atoms with Gasteiger partial charge in [0.25, 0.3) is 0 Å². The summed E-state index contributed by atoms with van der Waals surface area (Å²) in [6.07, 6.45) is 0. The van der Waals surface area contributed by atoms with Crippen LogP contribution in [0.2, 0.25) is 5.02 Å². The minimum absolute atomic E-state index is 0.288. The molecule has 0 unspecified atom stereocenters. The van der Waals surface area contributed by atoms with E-state index < -0.39 is 0 Å². The monoisotopic (exact) mass is 305 g/mol. The molecular weight excluding hydrogens is 297 g/mol. The summed E-state index contributed by atoms with van der Waals surface area (Å²) in [5.74, 6) is 0.158. The molecule has 3 rings (SSSR count). The van der Waals surface area contributed by atoms with Gasteiger partial charge in [0.2, 0.25) is 0 Å². The molecule has 0 aliphatic rings. The summed E-state index contributed by atoms with van der Waals surface area (Å²) in [6.45, 7) is 0. The fraction of sp³-hybridized carbons (Fsp3) is 0. The molecule has 0 spiro atoms. The topological polar surface area (TPSA) is 33.6 Å². The Kier molecular flexibility index (Phi) is 3.38. The molecule has 0 radical (unpaired) electrons. The molecule has 3 aromatic rings. The van der Waals surface area contributed by atoms with Gasteiger partial charge in [0.15, 0.2) is 10.6 Å². The maximum Gasteiger partial charge on any atom is 0.200 e. The van der Waals surface area contributed by atoms with Crippen molar-refractivity contribution in [1.82, 2.24) is 14.8 Å². The predicted molar refractivity (Wildman–Crippen MR) is 79.2 cm³/mol. The number of para-hydroxylation sites is 1. The van der Waals surface area contributed by atoms with Crippen LogP contribution in [0.4, 0.5) is 4.39 Å². The SMILES string of the molecule is Fc1ccc(-c2n[nH]c(=S)n2-c2ccccc2)c(Cl)c1. The van der Waals surface area contributed by atoms with Gasteiger partial charge < -0.3 is 0 Å². The van der Waals surface area contributed by atoms with Crippen LogP contribution < -0.4 is 0 Å². The maximum atomic E-state index is 13.2. The largest absolute Gasteiger partial charge is 0.268 e. The van der Waals surface area contributed by atoms with E-state index in [1.807, 2.05) is 30.3 Å². The van der Waals surface area contributed by atoms with Crippen LogP contribution in [-0.2, 0) is 0 Å². The van der Waals surface area contributed by atoms with Crippen LogP contribution in [0.15, 0.2) is 48.5 Å². The van der Waals surface area contributed by atoms with Gasteiger partial charge in [-0.05, 0) is 42.5 Å². The Morgan fingerprint density at radius 1 is 1.15 bits per heavy atom. The molecule has 0 aliphatic heterocycles. The Hall–Kier alpha value is -1.98. The fourth-order valence-electron chi connectivity index (χ4n) is 1.97. The molecule has 1 aromatic heterocycles. The Bertz CT molecular complexity index is 811. The van der Waals surface area contributed by atoms with Crippen molar-refractivity contribution < 1.29 is 4.39 Å². The van der Waals surface area contributed by atoms with Gasteiger partial charge in [-0.1, -0.05) is 29.8 Å². The third-order valence-electron chi connectivity index (χ3n) is 2.86. The summed E-state index contributed by atoms with van der Waals surface area (Å²) >= 11 is 11.3. The van der Waals surface area contributed by atoms with E-state index in [0.29, 0.717) is 16.2 Å². The third-order valence-corrected chi connectivity index (χ3v) is 3.45. The van der Waals surface area contributed by atoms with Crippen molar-refractivity contribution in [2.24, 2.45) is 0 Å². The summed E-state index contributed by atoms with van der Waals surface area (Å²) in [5.41, 5.74) is 1.48. The molecule has 0 amide bonds. The van der Waals surface area contributed by atoms with E-state index >= 15 is 0 Å². The predicted octanol–water partition coefficient (Wildman–Crippen LogP) is 4.39. The van der Waals surface area contributed by atoms with Gasteiger partial charge in [0.1, 0.15) is 5.82 Å². The molecule has 1 heterocycles. The highest BCUT2D eigenvalue weighted by atomic mass is 35.5. The molecule has 100 valence electrons. The first-order chi connectivity index (χ1) is 9.66. The lowest BCUT2D eigenvalue weighted by molar-refractivity contribution is 0.628. The summed E-state index contributed by atoms with van der Waals surface area (Å²) in [7, 11) is 0. The Morgan fingerprint density at radius 3 is 2.60 bits per heavy atom. The van der Waals surface area contributed by atoms with E-state index in [1.165, 1.54) is 12.1 Å². The number of nitrogens with one attached hydrogen (secondary N) is 1. The quantitative estimate of drug-likeness (QED) is 0.712. The summed E-state index contributed by atoms with van der Waals surface area (Å²) < 4.78 is 15.4. The van der Waals surface area contributed by atoms with E-state index in [2.05, 4.69) is 10.2 Å². The van der Waals surface area contributed by atoms with Crippen molar-refractivity contribution in [3.63, 3.8) is 0 Å². The van der Waals surface area contributed by atoms with Gasteiger partial charge in [0, 0.05) is 11.3 Å². The van der Waals surface area contributed by atoms with Crippen molar-refractivity contribution in [3.8, 4) is 17.1 Å². The molecule has 0 fully saturated rings. The van der Waals surface area contributed by atoms with Crippen LogP contribution in [0.1, 0.15) is 0 Å². The van der Waals surface area contributed by atoms with Gasteiger partial charge in [-0.2, -0.15) is 5.10 Å². The molecule has 6 heteroatoms. The van der Waals surface area contributed by atoms with Crippen molar-refractivity contribution in [3.05, 3.63) is 64.1 Å². The number of benzene rings is 2. The number of aromatic nitrogens is 3. The summed E-state index contributed by atoms with van der Waals surface area (Å²) in [6, 6.07) is 13.7. The molecule has 0 saturated carbocycles. The second-order valence-corrected chi connectivity index (χ2v) is 4.94. The average Bonchev–Trinajstić information content (AvgIpc) is 2.81. The lowest BCUT2D eigenvalue weighted by Gasteiger charge is -2.08. The number of hydrogen-bond donors (Lipinski definition) is 1. The maximum absolute atomic E-state index is 13.2. The summed E-state index contributed by atoms with van der Waals surface area (Å²) in [4.78, 5) is 0. The number of H-pyrrole nitrogens is 1. The number of nitrogens with zero attached hydrogens (tertiary/aromatic N) is 2. The van der Waals surface area contributed by atoms with E-state index in [1.54, 1.807) is 10.6 Å². The van der Waals surface area contributed by atoms with Crippen molar-refractivity contribution >= 4 is 23.8 Å². The third kappa shape index (κ3) is 2.26. The second kappa shape index (κ2) is 5.19. The van der Waals surface area contributed by atoms with Crippen LogP contribution in [0, 0.1) is 10.6 Å². The molecule has 3 nitrogen and oxygen atoms in total. The Morgan fingerprint density at radius 2 is 1.90 bits per heavy atom. The zero-order valence-electron chi connectivity index (χ0n) is 10.2. The van der Waals surface area contributed by atoms with Gasteiger partial charge in [-0.3, -0.25) is 9.67 Å². The highest BCUT2D eigenvalue weighted by molar-refractivity contribution is 7.71. The molecule has 0 aliphatic carbocycles. The Labute approximate surface area is 124 Å². The number of aromatic amines is 1. The van der Waals surface area contributed by atoms with E-state index in [0.717, 1.165) is 5.69 Å². The highest BCUT2D eigenvalue weighted by Crippen LogP contribution is 2.28. The Balaban J connectivity index is 2.24. The fourth-order valence-corrected chi connectivity index (χ4v) is 2.45. The minimum Gasteiger partial charge on any atom is -0.268 e. The summed E-state index contributed by atoms with van der Waals surface area (Å²) in [5, 5.41) is 7.22. The molecule has 0 saturated heterocycles. The lowest BCUT2D eigenvalue weighted by atomic mass is 10.2. The van der Waals surface area contributed by atoms with Crippen LogP contribution in [0.25, 0.3) is 17.1 Å².